The predicted octanol–water partition coefficient (Wildman–Crippen LogP) is 16.7. The van der Waals surface area contributed by atoms with E-state index in [-0.39, 0.29) is 47.5 Å². The smallest absolute Gasteiger partial charge is 0.311 e. The number of hydrogen-bond donors (Lipinski definition) is 0. The van der Waals surface area contributed by atoms with E-state index in [2.05, 4.69) is 72.8 Å². The molecule has 0 spiro atoms. The lowest BCUT2D eigenvalue weighted by atomic mass is 9.75. The fourth-order valence-corrected chi connectivity index (χ4v) is 13.1. The van der Waals surface area contributed by atoms with Crippen molar-refractivity contribution in [2.75, 3.05) is 28.4 Å². The number of esters is 4. The summed E-state index contributed by atoms with van der Waals surface area (Å²) in [5.41, 5.74) is 13.7. The highest BCUT2D eigenvalue weighted by atomic mass is 16.5. The first-order valence-corrected chi connectivity index (χ1v) is 32.0. The number of rotatable bonds is 20. The number of fused-ring (bicyclic) bond motifs is 4. The summed E-state index contributed by atoms with van der Waals surface area (Å²) in [4.78, 5) is 47.4. The molecule has 0 heterocycles. The summed E-state index contributed by atoms with van der Waals surface area (Å²) >= 11 is 0. The van der Waals surface area contributed by atoms with Crippen molar-refractivity contribution in [3.63, 3.8) is 0 Å². The van der Waals surface area contributed by atoms with Gasteiger partial charge in [-0.2, -0.15) is 0 Å². The van der Waals surface area contributed by atoms with Crippen LogP contribution in [0.15, 0.2) is 194 Å². The van der Waals surface area contributed by atoms with Gasteiger partial charge in [0.1, 0.15) is 49.4 Å². The second-order valence-electron chi connectivity index (χ2n) is 25.2. The predicted molar refractivity (Wildman–Crippen MR) is 358 cm³/mol. The maximum absolute atomic E-state index is 12.2. The van der Waals surface area contributed by atoms with E-state index >= 15 is 0 Å². The Morgan fingerprint density at radius 3 is 0.870 bits per heavy atom. The zero-order valence-electron chi connectivity index (χ0n) is 54.6. The van der Waals surface area contributed by atoms with Gasteiger partial charge in [-0.05, 0) is 206 Å². The van der Waals surface area contributed by atoms with Gasteiger partial charge < -0.3 is 37.9 Å². The van der Waals surface area contributed by atoms with Gasteiger partial charge in [0, 0.05) is 11.8 Å². The molecule has 12 heteroatoms. The SMILES string of the molecule is COC(=O)C(C)(C)[C@@H]1CCc2ccc(OCc3ccccc3)cc21.COC(=O)C(C)(C)[C@H]1CCc2ccc(OCc3ccccc3)cc21.COC(=O)C[C@@H]1CCc2ccc(OCc3ccccc3)cc21.COC(=O)C[C@H]1CCc2ccc(OCc3ccccc3)cc21. The molecule has 8 aromatic carbocycles. The summed E-state index contributed by atoms with van der Waals surface area (Å²) < 4.78 is 43.3. The zero-order chi connectivity index (χ0) is 65.0. The van der Waals surface area contributed by atoms with E-state index in [1.54, 1.807) is 0 Å². The Bertz CT molecular complexity index is 3470. The van der Waals surface area contributed by atoms with E-state index in [0.717, 1.165) is 96.6 Å². The Morgan fingerprint density at radius 2 is 0.598 bits per heavy atom. The number of aryl methyl sites for hydroxylation is 4. The van der Waals surface area contributed by atoms with Crippen LogP contribution in [0.3, 0.4) is 0 Å². The summed E-state index contributed by atoms with van der Waals surface area (Å²) in [6.45, 7) is 10.1. The van der Waals surface area contributed by atoms with Crippen molar-refractivity contribution in [1.29, 1.82) is 0 Å². The molecular weight excluding hydrogens is 1150 g/mol. The van der Waals surface area contributed by atoms with Crippen molar-refractivity contribution < 1.29 is 57.1 Å². The van der Waals surface area contributed by atoms with E-state index in [9.17, 15) is 19.2 Å². The van der Waals surface area contributed by atoms with Crippen molar-refractivity contribution in [2.24, 2.45) is 10.8 Å². The third-order valence-corrected chi connectivity index (χ3v) is 18.5. The van der Waals surface area contributed by atoms with Crippen LogP contribution in [0.5, 0.6) is 23.0 Å². The molecule has 0 unspecified atom stereocenters. The fourth-order valence-electron chi connectivity index (χ4n) is 13.1. The minimum atomic E-state index is -0.530. The minimum Gasteiger partial charge on any atom is -0.489 e. The summed E-state index contributed by atoms with van der Waals surface area (Å²) in [6, 6.07) is 65.4. The van der Waals surface area contributed by atoms with Crippen molar-refractivity contribution in [3.8, 4) is 23.0 Å². The molecule has 4 aliphatic rings. The van der Waals surface area contributed by atoms with Crippen LogP contribution in [-0.2, 0) is 90.2 Å². The van der Waals surface area contributed by atoms with Gasteiger partial charge >= 0.3 is 23.9 Å². The van der Waals surface area contributed by atoms with Gasteiger partial charge in [-0.1, -0.05) is 146 Å². The third kappa shape index (κ3) is 17.7. The highest BCUT2D eigenvalue weighted by Crippen LogP contribution is 2.49. The van der Waals surface area contributed by atoms with Gasteiger partial charge in [0.25, 0.3) is 0 Å². The first-order valence-electron chi connectivity index (χ1n) is 32.0. The van der Waals surface area contributed by atoms with Crippen molar-refractivity contribution >= 4 is 23.9 Å². The number of benzene rings is 8. The quantitative estimate of drug-likeness (QED) is 0.0529. The Labute approximate surface area is 543 Å². The van der Waals surface area contributed by atoms with Gasteiger partial charge in [-0.25, -0.2) is 0 Å². The Kier molecular flexibility index (Phi) is 23.5. The van der Waals surface area contributed by atoms with E-state index in [1.165, 1.54) is 72.9 Å². The van der Waals surface area contributed by atoms with E-state index in [4.69, 9.17) is 37.9 Å². The third-order valence-electron chi connectivity index (χ3n) is 18.5. The minimum absolute atomic E-state index is 0.145. The lowest BCUT2D eigenvalue weighted by molar-refractivity contribution is -0.152. The number of carbonyl (C=O) groups excluding carboxylic acids is 4. The topological polar surface area (TPSA) is 142 Å². The van der Waals surface area contributed by atoms with Crippen LogP contribution in [0.1, 0.15) is 157 Å². The Hall–Kier alpha value is -9.16. The van der Waals surface area contributed by atoms with Crippen LogP contribution < -0.4 is 18.9 Å². The van der Waals surface area contributed by atoms with Crippen LogP contribution in [0.25, 0.3) is 0 Å². The number of ether oxygens (including phenoxy) is 8. The van der Waals surface area contributed by atoms with E-state index in [1.807, 2.05) is 149 Å². The summed E-state index contributed by atoms with van der Waals surface area (Å²) in [5, 5.41) is 0. The molecule has 0 fully saturated rings. The standard InChI is InChI=1S/2C21H24O3.2C19H20O3/c2*1-21(2,20(22)23-3)19-12-10-16-9-11-17(13-18(16)19)24-14-15-7-5-4-6-8-15;2*1-21-19(20)11-16-8-7-15-9-10-17(12-18(15)16)22-13-14-5-3-2-4-6-14/h2*4-9,11,13,19H,10,12,14H2,1-3H3;2*2-6,9-10,12,16H,7-8,11,13H2,1H3/t2*19-;2*16-/m1010/s1. The molecule has 0 saturated carbocycles. The normalized spacial score (nSPS) is 16.3. The number of methoxy groups -OCH3 is 4. The van der Waals surface area contributed by atoms with E-state index in [0.29, 0.717) is 39.3 Å². The molecule has 0 aromatic heterocycles. The maximum atomic E-state index is 12.2. The molecule has 12 nitrogen and oxygen atoms in total. The fraction of sp³-hybridized carbons (Fsp3) is 0.350. The molecule has 4 atom stereocenters. The average Bonchev–Trinajstić information content (AvgIpc) is 1.76. The molecule has 0 aliphatic heterocycles. The highest BCUT2D eigenvalue weighted by Gasteiger charge is 2.43. The molecule has 12 rings (SSSR count). The van der Waals surface area contributed by atoms with Crippen LogP contribution in [0.2, 0.25) is 0 Å². The first kappa shape index (κ1) is 67.2. The Balaban J connectivity index is 0.000000145. The molecule has 92 heavy (non-hydrogen) atoms. The first-order chi connectivity index (χ1) is 44.6. The van der Waals surface area contributed by atoms with Crippen LogP contribution in [0.4, 0.5) is 0 Å². The molecule has 0 amide bonds. The lowest BCUT2D eigenvalue weighted by Gasteiger charge is -2.29. The average molecular weight is 1240 g/mol. The second-order valence-corrected chi connectivity index (χ2v) is 25.2. The van der Waals surface area contributed by atoms with Crippen molar-refractivity contribution in [3.05, 3.63) is 261 Å². The summed E-state index contributed by atoms with van der Waals surface area (Å²) in [6.07, 6.45) is 8.90. The number of carbonyl (C=O) groups is 4. The number of hydrogen-bond acceptors (Lipinski definition) is 12. The molecule has 0 radical (unpaired) electrons. The largest absolute Gasteiger partial charge is 0.489 e. The molecular formula is C80H88O12. The second kappa shape index (κ2) is 32.2. The zero-order valence-corrected chi connectivity index (χ0v) is 54.6. The van der Waals surface area contributed by atoms with Crippen LogP contribution in [0, 0.1) is 10.8 Å². The van der Waals surface area contributed by atoms with Gasteiger partial charge in [-0.3, -0.25) is 19.2 Å². The molecule has 0 N–H and O–H groups in total. The molecule has 8 aromatic rings. The van der Waals surface area contributed by atoms with Gasteiger partial charge in [0.15, 0.2) is 0 Å². The highest BCUT2D eigenvalue weighted by molar-refractivity contribution is 5.78. The van der Waals surface area contributed by atoms with Crippen LogP contribution in [-0.4, -0.2) is 52.3 Å². The molecule has 0 saturated heterocycles. The monoisotopic (exact) mass is 1240 g/mol. The molecule has 480 valence electrons. The van der Waals surface area contributed by atoms with Gasteiger partial charge in [0.2, 0.25) is 0 Å². The lowest BCUT2D eigenvalue weighted by Crippen LogP contribution is -2.31. The van der Waals surface area contributed by atoms with Crippen LogP contribution >= 0.6 is 0 Å². The van der Waals surface area contributed by atoms with Gasteiger partial charge in [-0.15, -0.1) is 0 Å². The van der Waals surface area contributed by atoms with Crippen molar-refractivity contribution in [1.82, 2.24) is 0 Å². The molecule has 0 bridgehead atoms. The van der Waals surface area contributed by atoms with Crippen molar-refractivity contribution in [2.45, 2.75) is 142 Å². The van der Waals surface area contributed by atoms with Gasteiger partial charge in [0.05, 0.1) is 52.1 Å². The summed E-state index contributed by atoms with van der Waals surface area (Å²) in [5.74, 6) is 3.66. The van der Waals surface area contributed by atoms with E-state index < -0.39 is 10.8 Å². The molecule has 4 aliphatic carbocycles. The Morgan fingerprint density at radius 1 is 0.337 bits per heavy atom. The summed E-state index contributed by atoms with van der Waals surface area (Å²) in [7, 11) is 5.80. The maximum Gasteiger partial charge on any atom is 0.311 e.